The molecule has 1 atom stereocenters. The molecule has 4 rings (SSSR count). The Balaban J connectivity index is 1.70. The molecule has 2 heterocycles. The minimum Gasteiger partial charge on any atom is -0.324 e. The van der Waals surface area contributed by atoms with E-state index in [1.807, 2.05) is 18.5 Å². The Morgan fingerprint density at radius 2 is 2.12 bits per heavy atom. The molecule has 122 valence electrons. The highest BCUT2D eigenvalue weighted by molar-refractivity contribution is 5.89. The first-order valence-corrected chi connectivity index (χ1v) is 8.56. The fourth-order valence-electron chi connectivity index (χ4n) is 3.32. The first-order chi connectivity index (χ1) is 11.8. The molecule has 1 fully saturated rings. The molecule has 0 bridgehead atoms. The maximum Gasteiger partial charge on any atom is 0.0705 e. The summed E-state index contributed by atoms with van der Waals surface area (Å²) in [6, 6.07) is 8.47. The van der Waals surface area contributed by atoms with Gasteiger partial charge >= 0.3 is 0 Å². The number of benzene rings is 1. The van der Waals surface area contributed by atoms with E-state index in [1.54, 1.807) is 0 Å². The molecule has 1 saturated carbocycles. The number of aromatic amines is 1. The quantitative estimate of drug-likeness (QED) is 0.659. The van der Waals surface area contributed by atoms with Gasteiger partial charge in [0.15, 0.2) is 0 Å². The maximum absolute atomic E-state index is 6.22. The summed E-state index contributed by atoms with van der Waals surface area (Å²) in [6.45, 7) is 3.75. The number of nitrogens with two attached hydrogens (primary N) is 1. The van der Waals surface area contributed by atoms with Crippen LogP contribution in [0.4, 0.5) is 0 Å². The van der Waals surface area contributed by atoms with Crippen molar-refractivity contribution < 1.29 is 0 Å². The van der Waals surface area contributed by atoms with Crippen LogP contribution in [0.2, 0.25) is 0 Å². The van der Waals surface area contributed by atoms with Crippen LogP contribution in [0.3, 0.4) is 0 Å². The van der Waals surface area contributed by atoms with Gasteiger partial charge in [0.1, 0.15) is 0 Å². The van der Waals surface area contributed by atoms with Crippen molar-refractivity contribution >= 4 is 10.9 Å². The van der Waals surface area contributed by atoms with E-state index < -0.39 is 0 Å². The maximum atomic E-state index is 6.22. The van der Waals surface area contributed by atoms with Gasteiger partial charge in [-0.15, -0.1) is 6.58 Å². The van der Waals surface area contributed by atoms with Crippen LogP contribution in [-0.2, 0) is 0 Å². The number of pyridine rings is 1. The van der Waals surface area contributed by atoms with E-state index in [0.29, 0.717) is 5.92 Å². The van der Waals surface area contributed by atoms with Crippen molar-refractivity contribution in [1.82, 2.24) is 15.2 Å². The van der Waals surface area contributed by atoms with E-state index in [0.717, 1.165) is 29.6 Å². The number of allylic oxidation sites excluding steroid dienone is 1. The van der Waals surface area contributed by atoms with Crippen LogP contribution in [0.5, 0.6) is 0 Å². The SMILES string of the molecule is C=CCCC(N)c1ccc(-c2ccc3[nH]ncc3c2C2CC2)nc1. The van der Waals surface area contributed by atoms with E-state index >= 15 is 0 Å². The largest absolute Gasteiger partial charge is 0.324 e. The predicted molar refractivity (Wildman–Crippen MR) is 97.7 cm³/mol. The summed E-state index contributed by atoms with van der Waals surface area (Å²) >= 11 is 0. The molecular weight excluding hydrogens is 296 g/mol. The lowest BCUT2D eigenvalue weighted by Gasteiger charge is -2.13. The van der Waals surface area contributed by atoms with Crippen molar-refractivity contribution in [3.8, 4) is 11.3 Å². The first-order valence-electron chi connectivity index (χ1n) is 8.56. The van der Waals surface area contributed by atoms with Gasteiger partial charge in [0.25, 0.3) is 0 Å². The highest BCUT2D eigenvalue weighted by Gasteiger charge is 2.29. The molecule has 1 aliphatic carbocycles. The summed E-state index contributed by atoms with van der Waals surface area (Å²) in [7, 11) is 0. The van der Waals surface area contributed by atoms with Crippen molar-refractivity contribution in [3.63, 3.8) is 0 Å². The van der Waals surface area contributed by atoms with Gasteiger partial charge < -0.3 is 5.73 Å². The summed E-state index contributed by atoms with van der Waals surface area (Å²) in [6.07, 6.45) is 10.1. The number of nitrogens with one attached hydrogen (secondary N) is 1. The molecule has 4 heteroatoms. The molecule has 0 saturated heterocycles. The summed E-state index contributed by atoms with van der Waals surface area (Å²) in [5.41, 5.74) is 12.0. The minimum absolute atomic E-state index is 0.0174. The van der Waals surface area contributed by atoms with E-state index in [-0.39, 0.29) is 6.04 Å². The Labute approximate surface area is 141 Å². The summed E-state index contributed by atoms with van der Waals surface area (Å²) in [4.78, 5) is 4.70. The summed E-state index contributed by atoms with van der Waals surface area (Å²) in [5.74, 6) is 0.637. The van der Waals surface area contributed by atoms with Crippen LogP contribution in [0, 0.1) is 0 Å². The zero-order valence-electron chi connectivity index (χ0n) is 13.7. The number of nitrogens with zero attached hydrogens (tertiary/aromatic N) is 2. The van der Waals surface area contributed by atoms with Crippen molar-refractivity contribution in [2.24, 2.45) is 5.73 Å². The normalized spacial score (nSPS) is 15.5. The number of hydrogen-bond donors (Lipinski definition) is 2. The Kier molecular flexibility index (Phi) is 3.90. The first kappa shape index (κ1) is 15.1. The predicted octanol–water partition coefficient (Wildman–Crippen LogP) is 4.47. The molecule has 3 N–H and O–H groups in total. The Morgan fingerprint density at radius 3 is 2.83 bits per heavy atom. The Morgan fingerprint density at radius 1 is 1.25 bits per heavy atom. The highest BCUT2D eigenvalue weighted by atomic mass is 15.1. The lowest BCUT2D eigenvalue weighted by atomic mass is 9.96. The van der Waals surface area contributed by atoms with Crippen molar-refractivity contribution in [3.05, 3.63) is 60.4 Å². The average Bonchev–Trinajstić information content (AvgIpc) is 3.35. The van der Waals surface area contributed by atoms with Gasteiger partial charge in [0.05, 0.1) is 17.4 Å². The van der Waals surface area contributed by atoms with Crippen molar-refractivity contribution in [2.75, 3.05) is 0 Å². The highest BCUT2D eigenvalue weighted by Crippen LogP contribution is 2.47. The number of aromatic nitrogens is 3. The van der Waals surface area contributed by atoms with Crippen molar-refractivity contribution in [1.29, 1.82) is 0 Å². The number of rotatable bonds is 6. The molecule has 1 unspecified atom stereocenters. The molecule has 1 aliphatic rings. The van der Waals surface area contributed by atoms with Crippen LogP contribution in [-0.4, -0.2) is 15.2 Å². The van der Waals surface area contributed by atoms with Gasteiger partial charge in [0, 0.05) is 23.2 Å². The third-order valence-electron chi connectivity index (χ3n) is 4.82. The molecule has 24 heavy (non-hydrogen) atoms. The minimum atomic E-state index is 0.0174. The monoisotopic (exact) mass is 318 g/mol. The zero-order valence-corrected chi connectivity index (χ0v) is 13.7. The van der Waals surface area contributed by atoms with Gasteiger partial charge in [-0.2, -0.15) is 5.10 Å². The Bertz CT molecular complexity index is 859. The second kappa shape index (κ2) is 6.21. The van der Waals surface area contributed by atoms with E-state index in [1.165, 1.54) is 29.4 Å². The third kappa shape index (κ3) is 2.74. The van der Waals surface area contributed by atoms with Crippen LogP contribution in [0.1, 0.15) is 48.8 Å². The van der Waals surface area contributed by atoms with Gasteiger partial charge in [-0.1, -0.05) is 18.2 Å². The van der Waals surface area contributed by atoms with E-state index in [4.69, 9.17) is 10.7 Å². The van der Waals surface area contributed by atoms with Gasteiger partial charge in [0.2, 0.25) is 0 Å². The smallest absolute Gasteiger partial charge is 0.0705 e. The summed E-state index contributed by atoms with van der Waals surface area (Å²) < 4.78 is 0. The fourth-order valence-corrected chi connectivity index (χ4v) is 3.32. The van der Waals surface area contributed by atoms with Crippen LogP contribution >= 0.6 is 0 Å². The molecule has 2 aromatic heterocycles. The third-order valence-corrected chi connectivity index (χ3v) is 4.82. The molecule has 1 aromatic carbocycles. The van der Waals surface area contributed by atoms with Crippen LogP contribution < -0.4 is 5.73 Å². The second-order valence-corrected chi connectivity index (χ2v) is 6.58. The number of fused-ring (bicyclic) bond motifs is 1. The number of H-pyrrole nitrogens is 1. The van der Waals surface area contributed by atoms with Crippen LogP contribution in [0.15, 0.2) is 49.3 Å². The molecule has 3 aromatic rings. The lowest BCUT2D eigenvalue weighted by molar-refractivity contribution is 0.659. The zero-order chi connectivity index (χ0) is 16.5. The van der Waals surface area contributed by atoms with E-state index in [2.05, 4.69) is 41.0 Å². The summed E-state index contributed by atoms with van der Waals surface area (Å²) in [5, 5.41) is 8.50. The topological polar surface area (TPSA) is 67.6 Å². The van der Waals surface area contributed by atoms with Gasteiger partial charge in [-0.3, -0.25) is 10.1 Å². The molecular formula is C20H22N4. The van der Waals surface area contributed by atoms with Gasteiger partial charge in [-0.05, 0) is 54.9 Å². The molecule has 0 amide bonds. The van der Waals surface area contributed by atoms with Crippen LogP contribution in [0.25, 0.3) is 22.2 Å². The second-order valence-electron chi connectivity index (χ2n) is 6.58. The Hall–Kier alpha value is -2.46. The molecule has 0 aliphatic heterocycles. The standard InChI is InChI=1S/C20H22N4/c1-2-3-4-17(21)14-7-9-18(22-11-14)15-8-10-19-16(12-23-24-19)20(15)13-5-6-13/h2,7-13,17H,1,3-6,21H2,(H,23,24). The molecule has 0 spiro atoms. The fraction of sp³-hybridized carbons (Fsp3) is 0.300. The van der Waals surface area contributed by atoms with Gasteiger partial charge in [-0.25, -0.2) is 0 Å². The molecule has 4 nitrogen and oxygen atoms in total. The lowest BCUT2D eigenvalue weighted by Crippen LogP contribution is -2.10. The average molecular weight is 318 g/mol. The van der Waals surface area contributed by atoms with E-state index in [9.17, 15) is 0 Å². The molecule has 0 radical (unpaired) electrons. The van der Waals surface area contributed by atoms with Crippen molar-refractivity contribution in [2.45, 2.75) is 37.6 Å². The number of hydrogen-bond acceptors (Lipinski definition) is 3.